The third kappa shape index (κ3) is 4.11. The van der Waals surface area contributed by atoms with E-state index in [-0.39, 0.29) is 18.6 Å². The molecule has 0 spiro atoms. The number of nitrogen functional groups attached to an aromatic ring is 1. The SMILES string of the molecule is CCOc1cccc(N)c1C(=O)N(CCO)C(CC)CC. The van der Waals surface area contributed by atoms with Crippen LogP contribution in [0.1, 0.15) is 44.0 Å². The second-order valence-electron chi connectivity index (χ2n) is 4.85. The van der Waals surface area contributed by atoms with Crippen molar-refractivity contribution in [2.75, 3.05) is 25.5 Å². The first-order valence-electron chi connectivity index (χ1n) is 7.53. The van der Waals surface area contributed by atoms with Crippen molar-refractivity contribution >= 4 is 11.6 Å². The van der Waals surface area contributed by atoms with Crippen molar-refractivity contribution in [3.8, 4) is 5.75 Å². The van der Waals surface area contributed by atoms with Crippen molar-refractivity contribution in [3.05, 3.63) is 23.8 Å². The molecule has 5 heteroatoms. The number of rotatable bonds is 8. The smallest absolute Gasteiger partial charge is 0.260 e. The van der Waals surface area contributed by atoms with Crippen LogP contribution in [0.2, 0.25) is 0 Å². The molecule has 0 saturated heterocycles. The highest BCUT2D eigenvalue weighted by Crippen LogP contribution is 2.27. The van der Waals surface area contributed by atoms with E-state index in [9.17, 15) is 9.90 Å². The Morgan fingerprint density at radius 1 is 1.33 bits per heavy atom. The van der Waals surface area contributed by atoms with Crippen LogP contribution in [-0.2, 0) is 0 Å². The number of amides is 1. The number of aliphatic hydroxyl groups is 1. The van der Waals surface area contributed by atoms with Gasteiger partial charge in [0.05, 0.1) is 13.2 Å². The molecule has 0 aliphatic carbocycles. The van der Waals surface area contributed by atoms with Gasteiger partial charge in [-0.05, 0) is 31.9 Å². The number of hydrogen-bond donors (Lipinski definition) is 2. The van der Waals surface area contributed by atoms with Crippen LogP contribution in [-0.4, -0.2) is 41.7 Å². The van der Waals surface area contributed by atoms with Gasteiger partial charge in [0.15, 0.2) is 0 Å². The highest BCUT2D eigenvalue weighted by atomic mass is 16.5. The van der Waals surface area contributed by atoms with E-state index in [2.05, 4.69) is 0 Å². The molecule has 21 heavy (non-hydrogen) atoms. The average Bonchev–Trinajstić information content (AvgIpc) is 2.47. The summed E-state index contributed by atoms with van der Waals surface area (Å²) in [5.41, 5.74) is 6.77. The molecule has 1 amide bonds. The summed E-state index contributed by atoms with van der Waals surface area (Å²) in [6, 6.07) is 5.29. The van der Waals surface area contributed by atoms with Crippen LogP contribution in [0.3, 0.4) is 0 Å². The summed E-state index contributed by atoms with van der Waals surface area (Å²) < 4.78 is 5.52. The van der Waals surface area contributed by atoms with Crippen LogP contribution in [0.5, 0.6) is 5.75 Å². The van der Waals surface area contributed by atoms with Gasteiger partial charge in [-0.25, -0.2) is 0 Å². The van der Waals surface area contributed by atoms with E-state index in [1.807, 2.05) is 20.8 Å². The Kier molecular flexibility index (Phi) is 7.02. The first-order valence-corrected chi connectivity index (χ1v) is 7.53. The fourth-order valence-electron chi connectivity index (χ4n) is 2.48. The molecule has 0 atom stereocenters. The van der Waals surface area contributed by atoms with Crippen LogP contribution in [0.25, 0.3) is 0 Å². The Hall–Kier alpha value is -1.75. The van der Waals surface area contributed by atoms with Gasteiger partial charge in [-0.1, -0.05) is 19.9 Å². The summed E-state index contributed by atoms with van der Waals surface area (Å²) in [6.07, 6.45) is 1.66. The van der Waals surface area contributed by atoms with Gasteiger partial charge in [-0.3, -0.25) is 4.79 Å². The molecule has 0 bridgehead atoms. The van der Waals surface area contributed by atoms with Crippen molar-refractivity contribution in [1.82, 2.24) is 4.90 Å². The van der Waals surface area contributed by atoms with Crippen molar-refractivity contribution in [2.45, 2.75) is 39.7 Å². The zero-order valence-electron chi connectivity index (χ0n) is 13.1. The highest BCUT2D eigenvalue weighted by Gasteiger charge is 2.26. The van der Waals surface area contributed by atoms with Crippen LogP contribution in [0.15, 0.2) is 18.2 Å². The standard InChI is InChI=1S/C16H26N2O3/c1-4-12(5-2)18(10-11-19)16(20)15-13(17)8-7-9-14(15)21-6-3/h7-9,12,19H,4-6,10-11,17H2,1-3H3. The Morgan fingerprint density at radius 2 is 2.00 bits per heavy atom. The maximum absolute atomic E-state index is 12.9. The van der Waals surface area contributed by atoms with Crippen molar-refractivity contribution in [2.24, 2.45) is 0 Å². The van der Waals surface area contributed by atoms with Crippen LogP contribution in [0.4, 0.5) is 5.69 Å². The Labute approximate surface area is 126 Å². The zero-order valence-corrected chi connectivity index (χ0v) is 13.1. The predicted molar refractivity (Wildman–Crippen MR) is 84.5 cm³/mol. The van der Waals surface area contributed by atoms with E-state index in [0.29, 0.717) is 30.2 Å². The number of nitrogens with two attached hydrogens (primary N) is 1. The molecule has 0 aromatic heterocycles. The average molecular weight is 294 g/mol. The first-order chi connectivity index (χ1) is 10.1. The van der Waals surface area contributed by atoms with Crippen molar-refractivity contribution in [1.29, 1.82) is 0 Å². The molecule has 0 fully saturated rings. The largest absolute Gasteiger partial charge is 0.493 e. The van der Waals surface area contributed by atoms with E-state index in [1.54, 1.807) is 23.1 Å². The Balaban J connectivity index is 3.19. The number of carbonyl (C=O) groups is 1. The Bertz CT molecular complexity index is 459. The van der Waals surface area contributed by atoms with Gasteiger partial charge in [0.1, 0.15) is 11.3 Å². The summed E-state index contributed by atoms with van der Waals surface area (Å²) in [4.78, 5) is 14.6. The number of hydrogen-bond acceptors (Lipinski definition) is 4. The summed E-state index contributed by atoms with van der Waals surface area (Å²) >= 11 is 0. The lowest BCUT2D eigenvalue weighted by Crippen LogP contribution is -2.42. The van der Waals surface area contributed by atoms with Gasteiger partial charge in [0.25, 0.3) is 5.91 Å². The lowest BCUT2D eigenvalue weighted by atomic mass is 10.1. The molecule has 0 heterocycles. The summed E-state index contributed by atoms with van der Waals surface area (Å²) in [5.74, 6) is 0.315. The molecule has 1 rings (SSSR count). The number of nitrogens with zero attached hydrogens (tertiary/aromatic N) is 1. The fraction of sp³-hybridized carbons (Fsp3) is 0.562. The second kappa shape index (κ2) is 8.52. The molecule has 5 nitrogen and oxygen atoms in total. The molecule has 0 aliphatic heterocycles. The van der Waals surface area contributed by atoms with Crippen LogP contribution in [0, 0.1) is 0 Å². The van der Waals surface area contributed by atoms with E-state index in [0.717, 1.165) is 12.8 Å². The normalized spacial score (nSPS) is 10.7. The second-order valence-corrected chi connectivity index (χ2v) is 4.85. The number of benzene rings is 1. The molecule has 1 aromatic carbocycles. The molecule has 3 N–H and O–H groups in total. The van der Waals surface area contributed by atoms with E-state index in [1.165, 1.54) is 0 Å². The summed E-state index contributed by atoms with van der Waals surface area (Å²) in [5, 5.41) is 9.26. The molecule has 0 saturated carbocycles. The van der Waals surface area contributed by atoms with Gasteiger partial charge < -0.3 is 20.5 Å². The lowest BCUT2D eigenvalue weighted by molar-refractivity contribution is 0.0619. The molecule has 1 aromatic rings. The number of carbonyl (C=O) groups excluding carboxylic acids is 1. The quantitative estimate of drug-likeness (QED) is 0.721. The maximum atomic E-state index is 12.9. The van der Waals surface area contributed by atoms with Gasteiger partial charge in [0.2, 0.25) is 0 Å². The minimum absolute atomic E-state index is 0.0705. The van der Waals surface area contributed by atoms with E-state index >= 15 is 0 Å². The fourth-order valence-corrected chi connectivity index (χ4v) is 2.48. The molecule has 0 radical (unpaired) electrons. The highest BCUT2D eigenvalue weighted by molar-refractivity contribution is 6.02. The predicted octanol–water partition coefficient (Wildman–Crippen LogP) is 2.29. The van der Waals surface area contributed by atoms with Crippen molar-refractivity contribution in [3.63, 3.8) is 0 Å². The summed E-state index contributed by atoms with van der Waals surface area (Å²) in [7, 11) is 0. The Morgan fingerprint density at radius 3 is 2.52 bits per heavy atom. The number of aliphatic hydroxyl groups excluding tert-OH is 1. The van der Waals surface area contributed by atoms with Crippen LogP contribution >= 0.6 is 0 Å². The summed E-state index contributed by atoms with van der Waals surface area (Å²) in [6.45, 7) is 6.62. The third-order valence-electron chi connectivity index (χ3n) is 3.56. The van der Waals surface area contributed by atoms with Gasteiger partial charge in [0, 0.05) is 18.3 Å². The zero-order chi connectivity index (χ0) is 15.8. The van der Waals surface area contributed by atoms with Gasteiger partial charge in [-0.15, -0.1) is 0 Å². The van der Waals surface area contributed by atoms with E-state index < -0.39 is 0 Å². The van der Waals surface area contributed by atoms with E-state index in [4.69, 9.17) is 10.5 Å². The minimum atomic E-state index is -0.181. The topological polar surface area (TPSA) is 75.8 Å². The molecule has 0 unspecified atom stereocenters. The van der Waals surface area contributed by atoms with Gasteiger partial charge >= 0.3 is 0 Å². The molecule has 0 aliphatic rings. The molecular weight excluding hydrogens is 268 g/mol. The van der Waals surface area contributed by atoms with Crippen LogP contribution < -0.4 is 10.5 Å². The lowest BCUT2D eigenvalue weighted by Gasteiger charge is -2.31. The maximum Gasteiger partial charge on any atom is 0.260 e. The molecular formula is C16H26N2O3. The number of ether oxygens (including phenoxy) is 1. The first kappa shape index (κ1) is 17.3. The monoisotopic (exact) mass is 294 g/mol. The minimum Gasteiger partial charge on any atom is -0.493 e. The van der Waals surface area contributed by atoms with Gasteiger partial charge in [-0.2, -0.15) is 0 Å². The number of anilines is 1. The molecule has 118 valence electrons. The third-order valence-corrected chi connectivity index (χ3v) is 3.56. The van der Waals surface area contributed by atoms with Crippen molar-refractivity contribution < 1.29 is 14.6 Å².